The second-order valence-corrected chi connectivity index (χ2v) is 7.60. The molecule has 0 aromatic heterocycles. The van der Waals surface area contributed by atoms with E-state index in [4.69, 9.17) is 14.2 Å². The first-order valence-electron chi connectivity index (χ1n) is 9.20. The van der Waals surface area contributed by atoms with Gasteiger partial charge in [0.2, 0.25) is 0 Å². The van der Waals surface area contributed by atoms with E-state index >= 15 is 0 Å². The number of carbonyl (C=O) groups is 1. The average molecular weight is 369 g/mol. The van der Waals surface area contributed by atoms with Gasteiger partial charge in [0.15, 0.2) is 11.5 Å². The molecule has 144 valence electrons. The van der Waals surface area contributed by atoms with E-state index in [1.807, 2.05) is 43.3 Å². The molecule has 2 aromatic rings. The van der Waals surface area contributed by atoms with Crippen LogP contribution in [-0.4, -0.2) is 31.3 Å². The first-order valence-corrected chi connectivity index (χ1v) is 9.20. The maximum atomic E-state index is 12.2. The van der Waals surface area contributed by atoms with E-state index < -0.39 is 0 Å². The van der Waals surface area contributed by atoms with Gasteiger partial charge in [-0.2, -0.15) is 0 Å². The van der Waals surface area contributed by atoms with E-state index in [0.717, 1.165) is 23.5 Å². The lowest BCUT2D eigenvalue weighted by Gasteiger charge is -2.18. The monoisotopic (exact) mass is 369 g/mol. The number of hydrogen-bond donors (Lipinski definition) is 1. The summed E-state index contributed by atoms with van der Waals surface area (Å²) in [4.78, 5) is 12.2. The van der Waals surface area contributed by atoms with Crippen LogP contribution in [0.1, 0.15) is 42.3 Å². The van der Waals surface area contributed by atoms with Crippen LogP contribution < -0.4 is 14.8 Å². The predicted molar refractivity (Wildman–Crippen MR) is 104 cm³/mol. The van der Waals surface area contributed by atoms with Crippen LogP contribution in [0.5, 0.6) is 11.5 Å². The number of amides is 1. The molecule has 0 radical (unpaired) electrons. The maximum Gasteiger partial charge on any atom is 0.251 e. The van der Waals surface area contributed by atoms with Crippen molar-refractivity contribution in [3.63, 3.8) is 0 Å². The van der Waals surface area contributed by atoms with Gasteiger partial charge in [0.1, 0.15) is 12.2 Å². The smallest absolute Gasteiger partial charge is 0.251 e. The fourth-order valence-electron chi connectivity index (χ4n) is 3.21. The summed E-state index contributed by atoms with van der Waals surface area (Å²) in [7, 11) is 1.62. The molecule has 1 heterocycles. The fraction of sp³-hybridized carbons (Fsp3) is 0.409. The Morgan fingerprint density at radius 2 is 1.96 bits per heavy atom. The third-order valence-electron chi connectivity index (χ3n) is 4.46. The molecule has 1 unspecified atom stereocenters. The summed E-state index contributed by atoms with van der Waals surface area (Å²) >= 11 is 0. The Labute approximate surface area is 160 Å². The van der Waals surface area contributed by atoms with Crippen LogP contribution in [0.4, 0.5) is 0 Å². The average Bonchev–Trinajstić information content (AvgIpc) is 2.95. The van der Waals surface area contributed by atoms with Gasteiger partial charge in [0.25, 0.3) is 5.91 Å². The number of ether oxygens (including phenoxy) is 3. The molecule has 1 aliphatic rings. The molecule has 0 spiro atoms. The van der Waals surface area contributed by atoms with Gasteiger partial charge in [-0.3, -0.25) is 4.79 Å². The van der Waals surface area contributed by atoms with E-state index in [1.165, 1.54) is 5.56 Å². The number of hydrogen-bond acceptors (Lipinski definition) is 4. The molecule has 5 nitrogen and oxygen atoms in total. The molecule has 0 saturated carbocycles. The quantitative estimate of drug-likeness (QED) is 0.808. The van der Waals surface area contributed by atoms with E-state index in [-0.39, 0.29) is 17.6 Å². The Morgan fingerprint density at radius 1 is 1.22 bits per heavy atom. The predicted octanol–water partition coefficient (Wildman–Crippen LogP) is 3.74. The largest absolute Gasteiger partial charge is 0.485 e. The number of nitrogens with one attached hydrogen (secondary N) is 1. The minimum absolute atomic E-state index is 0.0325. The third-order valence-corrected chi connectivity index (χ3v) is 4.46. The zero-order chi connectivity index (χ0) is 19.4. The van der Waals surface area contributed by atoms with Crippen molar-refractivity contribution >= 4 is 5.91 Å². The number of fused-ring (bicyclic) bond motifs is 1. The van der Waals surface area contributed by atoms with Crippen LogP contribution in [0.15, 0.2) is 42.5 Å². The molecule has 27 heavy (non-hydrogen) atoms. The minimum atomic E-state index is -0.198. The lowest BCUT2D eigenvalue weighted by molar-refractivity contribution is 0.0905. The first-order chi connectivity index (χ1) is 12.9. The summed E-state index contributed by atoms with van der Waals surface area (Å²) in [5.41, 5.74) is 2.59. The highest BCUT2D eigenvalue weighted by Gasteiger charge is 2.32. The molecular formula is C22H27NO4. The van der Waals surface area contributed by atoms with Crippen molar-refractivity contribution < 1.29 is 19.0 Å². The van der Waals surface area contributed by atoms with Crippen LogP contribution in [-0.2, 0) is 17.8 Å². The van der Waals surface area contributed by atoms with Crippen LogP contribution in [0.2, 0.25) is 0 Å². The molecule has 1 N–H and O–H groups in total. The van der Waals surface area contributed by atoms with Crippen molar-refractivity contribution in [2.75, 3.05) is 13.7 Å². The van der Waals surface area contributed by atoms with E-state index in [1.54, 1.807) is 7.11 Å². The van der Waals surface area contributed by atoms with Crippen LogP contribution in [0.25, 0.3) is 0 Å². The molecule has 3 rings (SSSR count). The molecular weight excluding hydrogens is 342 g/mol. The fourth-order valence-corrected chi connectivity index (χ4v) is 3.21. The van der Waals surface area contributed by atoms with Crippen molar-refractivity contribution in [1.29, 1.82) is 0 Å². The Morgan fingerprint density at radius 3 is 2.67 bits per heavy atom. The number of rotatable bonds is 7. The number of para-hydroxylation sites is 1. The highest BCUT2D eigenvalue weighted by molar-refractivity contribution is 5.94. The summed E-state index contributed by atoms with van der Waals surface area (Å²) in [6, 6.07) is 13.4. The molecule has 1 aliphatic heterocycles. The van der Waals surface area contributed by atoms with Gasteiger partial charge in [-0.05, 0) is 44.5 Å². The van der Waals surface area contributed by atoms with Crippen molar-refractivity contribution in [2.24, 2.45) is 0 Å². The molecule has 0 bridgehead atoms. The number of methoxy groups -OCH3 is 1. The van der Waals surface area contributed by atoms with Crippen molar-refractivity contribution in [1.82, 2.24) is 5.32 Å². The molecule has 0 aliphatic carbocycles. The zero-order valence-electron chi connectivity index (χ0n) is 16.4. The van der Waals surface area contributed by atoms with Crippen LogP contribution >= 0.6 is 0 Å². The minimum Gasteiger partial charge on any atom is -0.485 e. The highest BCUT2D eigenvalue weighted by Crippen LogP contribution is 2.41. The summed E-state index contributed by atoms with van der Waals surface area (Å²) in [6.45, 7) is 6.97. The molecule has 2 aromatic carbocycles. The zero-order valence-corrected chi connectivity index (χ0v) is 16.4. The lowest BCUT2D eigenvalue weighted by atomic mass is 10.0. The van der Waals surface area contributed by atoms with E-state index in [0.29, 0.717) is 18.8 Å². The van der Waals surface area contributed by atoms with Crippen molar-refractivity contribution in [3.05, 3.63) is 59.2 Å². The van der Waals surface area contributed by atoms with Crippen molar-refractivity contribution in [2.45, 2.75) is 45.4 Å². The van der Waals surface area contributed by atoms with Crippen LogP contribution in [0.3, 0.4) is 0 Å². The topological polar surface area (TPSA) is 56.8 Å². The Kier molecular flexibility index (Phi) is 5.71. The standard InChI is InChI=1S/C22H27NO4/c1-15(13-25-4)23-21(24)17-10-8-16(9-11-17)14-26-19-7-5-6-18-12-22(2,3)27-20(18)19/h5-11,15H,12-14H2,1-4H3,(H,23,24). The van der Waals surface area contributed by atoms with E-state index in [9.17, 15) is 4.79 Å². The summed E-state index contributed by atoms with van der Waals surface area (Å²) in [5, 5.41) is 2.90. The van der Waals surface area contributed by atoms with Gasteiger partial charge in [-0.15, -0.1) is 0 Å². The maximum absolute atomic E-state index is 12.2. The first kappa shape index (κ1) is 19.2. The van der Waals surface area contributed by atoms with Gasteiger partial charge in [-0.25, -0.2) is 0 Å². The van der Waals surface area contributed by atoms with Crippen molar-refractivity contribution in [3.8, 4) is 11.5 Å². The lowest BCUT2D eigenvalue weighted by Crippen LogP contribution is -2.35. The second-order valence-electron chi connectivity index (χ2n) is 7.60. The normalized spacial score (nSPS) is 15.6. The molecule has 5 heteroatoms. The second kappa shape index (κ2) is 8.01. The van der Waals surface area contributed by atoms with Crippen LogP contribution in [0, 0.1) is 0 Å². The van der Waals surface area contributed by atoms with Gasteiger partial charge >= 0.3 is 0 Å². The summed E-state index contributed by atoms with van der Waals surface area (Å²) in [5.74, 6) is 1.49. The Bertz CT molecular complexity index is 798. The van der Waals surface area contributed by atoms with Gasteiger partial charge in [0.05, 0.1) is 6.61 Å². The number of carbonyl (C=O) groups excluding carboxylic acids is 1. The highest BCUT2D eigenvalue weighted by atomic mass is 16.5. The Balaban J connectivity index is 1.60. The third kappa shape index (κ3) is 4.80. The molecule has 1 atom stereocenters. The van der Waals surface area contributed by atoms with Gasteiger partial charge in [0, 0.05) is 30.7 Å². The summed E-state index contributed by atoms with van der Waals surface area (Å²) < 4.78 is 17.1. The number of benzene rings is 2. The molecule has 1 amide bonds. The van der Waals surface area contributed by atoms with E-state index in [2.05, 4.69) is 25.2 Å². The Hall–Kier alpha value is -2.53. The van der Waals surface area contributed by atoms with Gasteiger partial charge < -0.3 is 19.5 Å². The summed E-state index contributed by atoms with van der Waals surface area (Å²) in [6.07, 6.45) is 0.880. The molecule has 0 fully saturated rings. The van der Waals surface area contributed by atoms with Gasteiger partial charge in [-0.1, -0.05) is 24.3 Å². The molecule has 0 saturated heterocycles. The SMILES string of the molecule is COCC(C)NC(=O)c1ccc(COc2cccc3c2OC(C)(C)C3)cc1.